The number of aryl methyl sites for hydroxylation is 1. The van der Waals surface area contributed by atoms with Gasteiger partial charge < -0.3 is 10.4 Å². The molecule has 3 heteroatoms. The number of fused-ring (bicyclic) bond motifs is 1. The van der Waals surface area contributed by atoms with Crippen LogP contribution in [0.2, 0.25) is 0 Å². The van der Waals surface area contributed by atoms with Gasteiger partial charge in [-0.3, -0.25) is 0 Å². The molecule has 0 bridgehead atoms. The highest BCUT2D eigenvalue weighted by Gasteiger charge is 2.36. The van der Waals surface area contributed by atoms with Gasteiger partial charge in [-0.25, -0.2) is 4.79 Å². The number of hydrogen-bond acceptors (Lipinski definition) is 2. The summed E-state index contributed by atoms with van der Waals surface area (Å²) in [6.45, 7) is 4.07. The van der Waals surface area contributed by atoms with Crippen molar-refractivity contribution >= 4 is 11.7 Å². The summed E-state index contributed by atoms with van der Waals surface area (Å²) in [6.07, 6.45) is 0.849. The molecule has 0 aromatic heterocycles. The van der Waals surface area contributed by atoms with Gasteiger partial charge in [0.05, 0.1) is 0 Å². The number of carboxylic acid groups (broad SMARTS) is 1. The molecule has 0 radical (unpaired) electrons. The van der Waals surface area contributed by atoms with Crippen molar-refractivity contribution in [3.05, 3.63) is 29.3 Å². The molecule has 3 nitrogen and oxygen atoms in total. The highest BCUT2D eigenvalue weighted by molar-refractivity contribution is 5.83. The van der Waals surface area contributed by atoms with Crippen molar-refractivity contribution < 1.29 is 9.90 Å². The number of benzene rings is 1. The minimum absolute atomic E-state index is 0.0960. The van der Waals surface area contributed by atoms with Crippen LogP contribution in [0, 0.1) is 6.92 Å². The molecule has 1 aromatic carbocycles. The number of nitrogens with one attached hydrogen (secondary N) is 1. The highest BCUT2D eigenvalue weighted by atomic mass is 16.4. The van der Waals surface area contributed by atoms with E-state index in [1.54, 1.807) is 0 Å². The summed E-state index contributed by atoms with van der Waals surface area (Å²) < 4.78 is 0. The lowest BCUT2D eigenvalue weighted by Gasteiger charge is -2.14. The van der Waals surface area contributed by atoms with Gasteiger partial charge in [-0.05, 0) is 30.5 Å². The van der Waals surface area contributed by atoms with E-state index in [1.807, 2.05) is 32.0 Å². The quantitative estimate of drug-likeness (QED) is 0.779. The van der Waals surface area contributed by atoms with Crippen molar-refractivity contribution in [2.75, 3.05) is 5.32 Å². The first-order valence-corrected chi connectivity index (χ1v) is 5.24. The molecule has 0 fully saturated rings. The number of anilines is 1. The number of aliphatic carboxylic acids is 1. The summed E-state index contributed by atoms with van der Waals surface area (Å²) in [5.41, 5.74) is 3.33. The first-order chi connectivity index (χ1) is 7.15. The molecule has 2 N–H and O–H groups in total. The minimum atomic E-state index is -0.766. The van der Waals surface area contributed by atoms with Crippen LogP contribution >= 0.6 is 0 Å². The third-order valence-corrected chi connectivity index (χ3v) is 3.11. The third-order valence-electron chi connectivity index (χ3n) is 3.11. The maximum atomic E-state index is 11.1. The van der Waals surface area contributed by atoms with E-state index in [-0.39, 0.29) is 5.92 Å². The van der Waals surface area contributed by atoms with Crippen molar-refractivity contribution in [2.45, 2.75) is 32.2 Å². The van der Waals surface area contributed by atoms with Crippen molar-refractivity contribution in [1.82, 2.24) is 0 Å². The summed E-state index contributed by atoms with van der Waals surface area (Å²) in [5.74, 6) is -0.670. The molecule has 1 aliphatic rings. The smallest absolute Gasteiger partial charge is 0.326 e. The minimum Gasteiger partial charge on any atom is -0.480 e. The van der Waals surface area contributed by atoms with E-state index in [9.17, 15) is 4.79 Å². The summed E-state index contributed by atoms with van der Waals surface area (Å²) in [4.78, 5) is 11.1. The molecule has 15 heavy (non-hydrogen) atoms. The van der Waals surface area contributed by atoms with Gasteiger partial charge in [0.2, 0.25) is 0 Å². The van der Waals surface area contributed by atoms with E-state index in [2.05, 4.69) is 5.32 Å². The van der Waals surface area contributed by atoms with Crippen molar-refractivity contribution in [2.24, 2.45) is 0 Å². The number of hydrogen-bond donors (Lipinski definition) is 2. The van der Waals surface area contributed by atoms with E-state index in [0.717, 1.165) is 12.1 Å². The van der Waals surface area contributed by atoms with Crippen LogP contribution in [-0.4, -0.2) is 17.1 Å². The van der Waals surface area contributed by atoms with Gasteiger partial charge in [0.1, 0.15) is 6.04 Å². The normalized spacial score (nSPS) is 23.3. The second-order valence-electron chi connectivity index (χ2n) is 4.01. The summed E-state index contributed by atoms with van der Waals surface area (Å²) in [7, 11) is 0. The molecule has 0 spiro atoms. The van der Waals surface area contributed by atoms with Crippen LogP contribution in [0.3, 0.4) is 0 Å². The standard InChI is InChI=1S/C12H15NO2/c1-3-8-10-7(2)5-4-6-9(10)13-11(8)12(14)15/h4-6,8,11,13H,3H2,1-2H3,(H,14,15). The van der Waals surface area contributed by atoms with Crippen LogP contribution in [0.4, 0.5) is 5.69 Å². The lowest BCUT2D eigenvalue weighted by Crippen LogP contribution is -2.30. The molecular weight excluding hydrogens is 190 g/mol. The largest absolute Gasteiger partial charge is 0.480 e. The van der Waals surface area contributed by atoms with Gasteiger partial charge in [-0.2, -0.15) is 0 Å². The highest BCUT2D eigenvalue weighted by Crippen LogP contribution is 2.39. The zero-order valence-electron chi connectivity index (χ0n) is 8.95. The Kier molecular flexibility index (Phi) is 2.39. The summed E-state index contributed by atoms with van der Waals surface area (Å²) in [5, 5.41) is 12.2. The molecule has 0 saturated heterocycles. The maximum absolute atomic E-state index is 11.1. The fourth-order valence-electron chi connectivity index (χ4n) is 2.41. The molecule has 1 aromatic rings. The topological polar surface area (TPSA) is 49.3 Å². The molecule has 2 rings (SSSR count). The Morgan fingerprint density at radius 2 is 2.27 bits per heavy atom. The van der Waals surface area contributed by atoms with Crippen molar-refractivity contribution in [1.29, 1.82) is 0 Å². The summed E-state index contributed by atoms with van der Waals surface area (Å²) in [6, 6.07) is 5.48. The molecule has 0 aliphatic carbocycles. The predicted octanol–water partition coefficient (Wildman–Crippen LogP) is 2.37. The van der Waals surface area contributed by atoms with Crippen LogP contribution in [0.1, 0.15) is 30.4 Å². The number of rotatable bonds is 2. The van der Waals surface area contributed by atoms with Gasteiger partial charge in [0.15, 0.2) is 0 Å². The van der Waals surface area contributed by atoms with Gasteiger partial charge in [-0.15, -0.1) is 0 Å². The predicted molar refractivity (Wildman–Crippen MR) is 59.3 cm³/mol. The van der Waals surface area contributed by atoms with Crippen LogP contribution in [0.15, 0.2) is 18.2 Å². The molecule has 2 atom stereocenters. The van der Waals surface area contributed by atoms with Gasteiger partial charge in [0.25, 0.3) is 0 Å². The van der Waals surface area contributed by atoms with Crippen LogP contribution in [-0.2, 0) is 4.79 Å². The van der Waals surface area contributed by atoms with Gasteiger partial charge in [-0.1, -0.05) is 19.1 Å². The average Bonchev–Trinajstić information content (AvgIpc) is 2.57. The fourth-order valence-corrected chi connectivity index (χ4v) is 2.41. The molecule has 1 aliphatic heterocycles. The third kappa shape index (κ3) is 1.48. The van der Waals surface area contributed by atoms with E-state index < -0.39 is 12.0 Å². The Balaban J connectivity index is 2.47. The Morgan fingerprint density at radius 3 is 2.87 bits per heavy atom. The molecule has 0 amide bonds. The van der Waals surface area contributed by atoms with E-state index >= 15 is 0 Å². The average molecular weight is 205 g/mol. The monoisotopic (exact) mass is 205 g/mol. The van der Waals surface area contributed by atoms with Gasteiger partial charge in [0, 0.05) is 11.6 Å². The SMILES string of the molecule is CCC1c2c(C)cccc2NC1C(=O)O. The van der Waals surface area contributed by atoms with Crippen LogP contribution in [0.25, 0.3) is 0 Å². The maximum Gasteiger partial charge on any atom is 0.326 e. The molecular formula is C12H15NO2. The Hall–Kier alpha value is -1.51. The van der Waals surface area contributed by atoms with Crippen molar-refractivity contribution in [3.8, 4) is 0 Å². The first kappa shape index (κ1) is 10.0. The number of carbonyl (C=O) groups is 1. The zero-order chi connectivity index (χ0) is 11.0. The molecule has 0 saturated carbocycles. The Bertz CT molecular complexity index is 401. The van der Waals surface area contributed by atoms with E-state index in [1.165, 1.54) is 11.1 Å². The second-order valence-corrected chi connectivity index (χ2v) is 4.01. The second kappa shape index (κ2) is 3.57. The lowest BCUT2D eigenvalue weighted by atomic mass is 9.90. The lowest BCUT2D eigenvalue weighted by molar-refractivity contribution is -0.138. The van der Waals surface area contributed by atoms with Crippen LogP contribution in [0.5, 0.6) is 0 Å². The molecule has 1 heterocycles. The van der Waals surface area contributed by atoms with Crippen LogP contribution < -0.4 is 5.32 Å². The first-order valence-electron chi connectivity index (χ1n) is 5.24. The zero-order valence-corrected chi connectivity index (χ0v) is 8.95. The fraction of sp³-hybridized carbons (Fsp3) is 0.417. The number of carboxylic acids is 1. The van der Waals surface area contributed by atoms with E-state index in [4.69, 9.17) is 5.11 Å². The van der Waals surface area contributed by atoms with Gasteiger partial charge >= 0.3 is 5.97 Å². The molecule has 2 unspecified atom stereocenters. The Morgan fingerprint density at radius 1 is 1.53 bits per heavy atom. The summed E-state index contributed by atoms with van der Waals surface area (Å²) >= 11 is 0. The van der Waals surface area contributed by atoms with E-state index in [0.29, 0.717) is 0 Å². The van der Waals surface area contributed by atoms with Crippen molar-refractivity contribution in [3.63, 3.8) is 0 Å². The molecule has 80 valence electrons. The Labute approximate surface area is 89.1 Å².